The van der Waals surface area contributed by atoms with Crippen molar-refractivity contribution in [2.75, 3.05) is 37.7 Å². The molecule has 0 fully saturated rings. The normalized spacial score (nSPS) is 12.7. The lowest BCUT2D eigenvalue weighted by atomic mass is 10.3. The van der Waals surface area contributed by atoms with Crippen molar-refractivity contribution in [3.05, 3.63) is 29.6 Å². The highest BCUT2D eigenvalue weighted by atomic mass is 32.2. The Labute approximate surface area is 132 Å². The molecule has 0 radical (unpaired) electrons. The van der Waals surface area contributed by atoms with Crippen molar-refractivity contribution in [1.82, 2.24) is 9.03 Å². The van der Waals surface area contributed by atoms with Crippen molar-refractivity contribution < 1.29 is 30.0 Å². The molecule has 0 aliphatic rings. The predicted molar refractivity (Wildman–Crippen MR) is 79.1 cm³/mol. The molecule has 7 nitrogen and oxygen atoms in total. The van der Waals surface area contributed by atoms with Crippen LogP contribution < -0.4 is 9.03 Å². The van der Waals surface area contributed by atoms with Gasteiger partial charge in [0, 0.05) is 27.2 Å². The van der Waals surface area contributed by atoms with Crippen LogP contribution in [-0.4, -0.2) is 54.6 Å². The van der Waals surface area contributed by atoms with Crippen molar-refractivity contribution in [1.29, 1.82) is 0 Å². The van der Waals surface area contributed by atoms with Gasteiger partial charge in [0.15, 0.2) is 17.5 Å². The molecule has 132 valence electrons. The molecular weight excluding hydrogens is 359 g/mol. The zero-order valence-corrected chi connectivity index (χ0v) is 14.2. The Morgan fingerprint density at radius 3 is 2.09 bits per heavy atom. The Bertz CT molecular complexity index is 782. The summed E-state index contributed by atoms with van der Waals surface area (Å²) in [5.74, 6) is -4.95. The van der Waals surface area contributed by atoms with E-state index < -0.39 is 56.5 Å². The summed E-state index contributed by atoms with van der Waals surface area (Å²) in [4.78, 5) is 0. The molecule has 0 saturated carbocycles. The summed E-state index contributed by atoms with van der Waals surface area (Å²) in [5.41, 5.74) is -0.713. The highest BCUT2D eigenvalue weighted by molar-refractivity contribution is 7.92. The van der Waals surface area contributed by atoms with E-state index in [9.17, 15) is 30.0 Å². The number of halogens is 3. The van der Waals surface area contributed by atoms with E-state index in [-0.39, 0.29) is 0 Å². The summed E-state index contributed by atoms with van der Waals surface area (Å²) in [6.07, 6.45) is 0.730. The van der Waals surface area contributed by atoms with Gasteiger partial charge in [0.05, 0.1) is 11.9 Å². The highest BCUT2D eigenvalue weighted by Gasteiger charge is 2.25. The van der Waals surface area contributed by atoms with Crippen LogP contribution in [-0.2, 0) is 20.2 Å². The first-order chi connectivity index (χ1) is 10.4. The molecule has 1 N–H and O–H groups in total. The molecule has 0 atom stereocenters. The van der Waals surface area contributed by atoms with Gasteiger partial charge >= 0.3 is 0 Å². The number of anilines is 1. The Balaban J connectivity index is 3.08. The molecule has 0 heterocycles. The first-order valence-corrected chi connectivity index (χ1v) is 9.45. The molecule has 0 aliphatic carbocycles. The Morgan fingerprint density at radius 2 is 1.61 bits per heavy atom. The summed E-state index contributed by atoms with van der Waals surface area (Å²) in [6.45, 7) is -0.903. The fourth-order valence-electron chi connectivity index (χ4n) is 1.58. The fraction of sp³-hybridized carbons (Fsp3) is 0.455. The number of nitrogens with zero attached hydrogens (tertiary/aromatic N) is 2. The van der Waals surface area contributed by atoms with Crippen molar-refractivity contribution in [2.45, 2.75) is 0 Å². The lowest BCUT2D eigenvalue weighted by Gasteiger charge is -2.23. The average Bonchev–Trinajstić information content (AvgIpc) is 2.41. The van der Waals surface area contributed by atoms with Crippen LogP contribution in [0.5, 0.6) is 0 Å². The maximum absolute atomic E-state index is 13.8. The summed E-state index contributed by atoms with van der Waals surface area (Å²) in [7, 11) is -5.35. The minimum absolute atomic E-state index is 0.397. The summed E-state index contributed by atoms with van der Waals surface area (Å²) in [6, 6.07) is 1.34. The molecule has 1 rings (SSSR count). The smallest absolute Gasteiger partial charge is 0.266 e. The molecule has 0 unspecified atom stereocenters. The summed E-state index contributed by atoms with van der Waals surface area (Å²) in [5, 5.41) is 0. The lowest BCUT2D eigenvalue weighted by Crippen LogP contribution is -2.42. The Kier molecular flexibility index (Phi) is 6.01. The third-order valence-corrected chi connectivity index (χ3v) is 5.47. The molecule has 1 aromatic rings. The minimum Gasteiger partial charge on any atom is -0.266 e. The average molecular weight is 375 g/mol. The number of hydrogen-bond donors (Lipinski definition) is 1. The second-order valence-electron chi connectivity index (χ2n) is 4.71. The molecule has 1 aromatic carbocycles. The van der Waals surface area contributed by atoms with E-state index in [1.165, 1.54) is 14.1 Å². The quantitative estimate of drug-likeness (QED) is 0.693. The van der Waals surface area contributed by atoms with E-state index in [0.29, 0.717) is 10.4 Å². The fourth-order valence-corrected chi connectivity index (χ4v) is 3.11. The first-order valence-electron chi connectivity index (χ1n) is 6.16. The van der Waals surface area contributed by atoms with Crippen molar-refractivity contribution >= 4 is 25.9 Å². The van der Waals surface area contributed by atoms with Crippen molar-refractivity contribution in [3.8, 4) is 0 Å². The van der Waals surface area contributed by atoms with Gasteiger partial charge in [-0.05, 0) is 12.1 Å². The number of sulfonamides is 1. The largest absolute Gasteiger partial charge is 0.278 e. The third-order valence-electron chi connectivity index (χ3n) is 2.76. The second-order valence-corrected chi connectivity index (χ2v) is 8.59. The van der Waals surface area contributed by atoms with Crippen molar-refractivity contribution in [3.63, 3.8) is 0 Å². The standard InChI is InChI=1S/C11H16F3N3O4S2/c1-16(2)23(20,21)15-6-7-17(22(3,18)19)9-5-4-8(12)10(13)11(9)14/h4-5,15H,6-7H2,1-3H3. The zero-order chi connectivity index (χ0) is 18.0. The van der Waals surface area contributed by atoms with E-state index >= 15 is 0 Å². The van der Waals surface area contributed by atoms with Gasteiger partial charge in [0.25, 0.3) is 10.2 Å². The van der Waals surface area contributed by atoms with E-state index in [2.05, 4.69) is 4.72 Å². The summed E-state index contributed by atoms with van der Waals surface area (Å²) >= 11 is 0. The van der Waals surface area contributed by atoms with Crippen LogP contribution in [0.3, 0.4) is 0 Å². The molecule has 0 aromatic heterocycles. The van der Waals surface area contributed by atoms with Crippen LogP contribution in [0.4, 0.5) is 18.9 Å². The molecule has 12 heteroatoms. The van der Waals surface area contributed by atoms with Gasteiger partial charge in [-0.2, -0.15) is 12.7 Å². The van der Waals surface area contributed by atoms with Gasteiger partial charge in [-0.3, -0.25) is 4.31 Å². The molecule has 0 spiro atoms. The zero-order valence-electron chi connectivity index (χ0n) is 12.5. The Morgan fingerprint density at radius 1 is 1.04 bits per heavy atom. The van der Waals surface area contributed by atoms with Gasteiger partial charge in [0.2, 0.25) is 10.0 Å². The van der Waals surface area contributed by atoms with E-state index in [0.717, 1.165) is 16.6 Å². The van der Waals surface area contributed by atoms with Gasteiger partial charge < -0.3 is 0 Å². The Hall–Kier alpha value is -1.37. The molecule has 23 heavy (non-hydrogen) atoms. The number of benzene rings is 1. The third kappa shape index (κ3) is 4.80. The highest BCUT2D eigenvalue weighted by Crippen LogP contribution is 2.25. The molecule has 0 bridgehead atoms. The van der Waals surface area contributed by atoms with Crippen LogP contribution in [0.2, 0.25) is 0 Å². The SMILES string of the molecule is CN(C)S(=O)(=O)NCCN(c1ccc(F)c(F)c1F)S(C)(=O)=O. The second kappa shape index (κ2) is 7.03. The molecule has 0 amide bonds. The van der Waals surface area contributed by atoms with Gasteiger partial charge in [-0.25, -0.2) is 26.3 Å². The molecule has 0 aliphatic heterocycles. The topological polar surface area (TPSA) is 86.8 Å². The van der Waals surface area contributed by atoms with E-state index in [1.54, 1.807) is 0 Å². The maximum atomic E-state index is 13.8. The van der Waals surface area contributed by atoms with Crippen LogP contribution in [0.15, 0.2) is 12.1 Å². The van der Waals surface area contributed by atoms with Crippen LogP contribution in [0, 0.1) is 17.5 Å². The van der Waals surface area contributed by atoms with Crippen LogP contribution >= 0.6 is 0 Å². The van der Waals surface area contributed by atoms with E-state index in [1.807, 2.05) is 0 Å². The molecular formula is C11H16F3N3O4S2. The first kappa shape index (κ1) is 19.7. The van der Waals surface area contributed by atoms with Gasteiger partial charge in [-0.1, -0.05) is 0 Å². The monoisotopic (exact) mass is 375 g/mol. The number of nitrogens with one attached hydrogen (secondary N) is 1. The van der Waals surface area contributed by atoms with Crippen LogP contribution in [0.25, 0.3) is 0 Å². The lowest BCUT2D eigenvalue weighted by molar-refractivity contribution is 0.447. The van der Waals surface area contributed by atoms with Gasteiger partial charge in [0.1, 0.15) is 0 Å². The van der Waals surface area contributed by atoms with Crippen LogP contribution in [0.1, 0.15) is 0 Å². The minimum atomic E-state index is -4.05. The number of hydrogen-bond acceptors (Lipinski definition) is 4. The number of rotatable bonds is 7. The van der Waals surface area contributed by atoms with Gasteiger partial charge in [-0.15, -0.1) is 0 Å². The predicted octanol–water partition coefficient (Wildman–Crippen LogP) is 0.266. The summed E-state index contributed by atoms with van der Waals surface area (Å²) < 4.78 is 89.9. The molecule has 0 saturated heterocycles. The van der Waals surface area contributed by atoms with Crippen molar-refractivity contribution in [2.24, 2.45) is 0 Å². The maximum Gasteiger partial charge on any atom is 0.278 e. The van der Waals surface area contributed by atoms with E-state index in [4.69, 9.17) is 0 Å².